The molecule has 0 heterocycles. The molecule has 0 amide bonds. The van der Waals surface area contributed by atoms with Crippen molar-refractivity contribution >= 4 is 0 Å². The zero-order valence-electron chi connectivity index (χ0n) is 8.13. The van der Waals surface area contributed by atoms with Crippen LogP contribution in [-0.2, 0) is 0 Å². The molecule has 0 aliphatic heterocycles. The molecule has 4 N–H and O–H groups in total. The van der Waals surface area contributed by atoms with Crippen LogP contribution in [0.3, 0.4) is 0 Å². The van der Waals surface area contributed by atoms with Crippen LogP contribution >= 0.6 is 0 Å². The van der Waals surface area contributed by atoms with E-state index in [1.807, 2.05) is 0 Å². The summed E-state index contributed by atoms with van der Waals surface area (Å²) in [5.74, 6) is 1.50. The molecular weight excluding hydrogens is 148 g/mol. The maximum Gasteiger partial charge on any atom is 0.00646 e. The van der Waals surface area contributed by atoms with Crippen molar-refractivity contribution in [3.63, 3.8) is 0 Å². The number of rotatable bonds is 3. The molecule has 0 bridgehead atoms. The first kappa shape index (κ1) is 10.0. The average molecular weight is 170 g/mol. The molecule has 0 spiro atoms. The molecular formula is C10H22N2. The van der Waals surface area contributed by atoms with Gasteiger partial charge in [-0.3, -0.25) is 0 Å². The number of hydrogen-bond donors (Lipinski definition) is 2. The monoisotopic (exact) mass is 170 g/mol. The summed E-state index contributed by atoms with van der Waals surface area (Å²) in [5.41, 5.74) is 11.7. The molecule has 0 aromatic rings. The van der Waals surface area contributed by atoms with Crippen LogP contribution in [0.2, 0.25) is 0 Å². The van der Waals surface area contributed by atoms with Crippen LogP contribution in [0.1, 0.15) is 39.0 Å². The third-order valence-electron chi connectivity index (χ3n) is 3.23. The average Bonchev–Trinajstić information content (AvgIpc) is 2.17. The molecule has 0 saturated heterocycles. The van der Waals surface area contributed by atoms with Crippen LogP contribution < -0.4 is 11.5 Å². The predicted molar refractivity (Wildman–Crippen MR) is 52.8 cm³/mol. The van der Waals surface area contributed by atoms with Crippen LogP contribution in [0.25, 0.3) is 0 Å². The molecule has 0 aromatic heterocycles. The van der Waals surface area contributed by atoms with Gasteiger partial charge in [0.1, 0.15) is 0 Å². The Hall–Kier alpha value is -0.0800. The Morgan fingerprint density at radius 3 is 2.75 bits per heavy atom. The molecule has 1 aliphatic rings. The molecule has 0 aromatic carbocycles. The minimum Gasteiger partial charge on any atom is -0.330 e. The van der Waals surface area contributed by atoms with E-state index < -0.39 is 0 Å². The zero-order chi connectivity index (χ0) is 8.97. The van der Waals surface area contributed by atoms with Crippen molar-refractivity contribution in [3.8, 4) is 0 Å². The molecule has 12 heavy (non-hydrogen) atoms. The third-order valence-corrected chi connectivity index (χ3v) is 3.23. The molecule has 0 radical (unpaired) electrons. The van der Waals surface area contributed by atoms with E-state index in [0.717, 1.165) is 24.8 Å². The fourth-order valence-corrected chi connectivity index (χ4v) is 2.27. The summed E-state index contributed by atoms with van der Waals surface area (Å²) in [6.07, 6.45) is 6.36. The Balaban J connectivity index is 2.34. The van der Waals surface area contributed by atoms with Gasteiger partial charge in [-0.05, 0) is 44.1 Å². The van der Waals surface area contributed by atoms with E-state index in [0.29, 0.717) is 6.04 Å². The zero-order valence-corrected chi connectivity index (χ0v) is 8.13. The quantitative estimate of drug-likeness (QED) is 0.674. The molecule has 1 rings (SSSR count). The summed E-state index contributed by atoms with van der Waals surface area (Å²) in [5, 5.41) is 0. The van der Waals surface area contributed by atoms with E-state index in [1.54, 1.807) is 0 Å². The second-order valence-electron chi connectivity index (χ2n) is 4.10. The van der Waals surface area contributed by atoms with Crippen LogP contribution in [0.15, 0.2) is 0 Å². The van der Waals surface area contributed by atoms with Gasteiger partial charge in [0, 0.05) is 6.04 Å². The second kappa shape index (κ2) is 4.83. The van der Waals surface area contributed by atoms with E-state index >= 15 is 0 Å². The first-order chi connectivity index (χ1) is 5.77. The lowest BCUT2D eigenvalue weighted by molar-refractivity contribution is 0.235. The van der Waals surface area contributed by atoms with Crippen LogP contribution in [-0.4, -0.2) is 12.6 Å². The van der Waals surface area contributed by atoms with E-state index in [1.165, 1.54) is 25.7 Å². The highest BCUT2D eigenvalue weighted by Gasteiger charge is 2.24. The van der Waals surface area contributed by atoms with E-state index in [-0.39, 0.29) is 0 Å². The van der Waals surface area contributed by atoms with Crippen molar-refractivity contribution in [1.82, 2.24) is 0 Å². The Morgan fingerprint density at radius 2 is 2.17 bits per heavy atom. The van der Waals surface area contributed by atoms with Gasteiger partial charge >= 0.3 is 0 Å². The Labute approximate surface area is 75.7 Å². The van der Waals surface area contributed by atoms with E-state index in [2.05, 4.69) is 6.92 Å². The lowest BCUT2D eigenvalue weighted by Gasteiger charge is -2.31. The van der Waals surface area contributed by atoms with Crippen LogP contribution in [0, 0.1) is 11.8 Å². The van der Waals surface area contributed by atoms with Gasteiger partial charge in [0.25, 0.3) is 0 Å². The second-order valence-corrected chi connectivity index (χ2v) is 4.10. The molecule has 2 heteroatoms. The number of nitrogens with two attached hydrogens (primary N) is 2. The highest BCUT2D eigenvalue weighted by atomic mass is 14.7. The molecule has 1 saturated carbocycles. The SMILES string of the molecule is CCC(N)C1CCCC(CN)C1. The molecule has 2 nitrogen and oxygen atoms in total. The summed E-state index contributed by atoms with van der Waals surface area (Å²) in [4.78, 5) is 0. The van der Waals surface area contributed by atoms with Crippen molar-refractivity contribution in [2.24, 2.45) is 23.3 Å². The van der Waals surface area contributed by atoms with Crippen molar-refractivity contribution in [3.05, 3.63) is 0 Å². The van der Waals surface area contributed by atoms with E-state index in [4.69, 9.17) is 11.5 Å². The fraction of sp³-hybridized carbons (Fsp3) is 1.00. The topological polar surface area (TPSA) is 52.0 Å². The minimum absolute atomic E-state index is 0.416. The van der Waals surface area contributed by atoms with Gasteiger partial charge in [-0.25, -0.2) is 0 Å². The Bertz CT molecular complexity index is 123. The maximum absolute atomic E-state index is 6.02. The standard InChI is InChI=1S/C10H22N2/c1-2-10(12)9-5-3-4-8(6-9)7-11/h8-10H,2-7,11-12H2,1H3. The van der Waals surface area contributed by atoms with Crippen LogP contribution in [0.4, 0.5) is 0 Å². The lowest BCUT2D eigenvalue weighted by Crippen LogP contribution is -2.34. The molecule has 72 valence electrons. The number of hydrogen-bond acceptors (Lipinski definition) is 2. The highest BCUT2D eigenvalue weighted by Crippen LogP contribution is 2.30. The summed E-state index contributed by atoms with van der Waals surface area (Å²) < 4.78 is 0. The molecule has 1 aliphatic carbocycles. The van der Waals surface area contributed by atoms with Gasteiger partial charge in [-0.2, -0.15) is 0 Å². The molecule has 3 unspecified atom stereocenters. The van der Waals surface area contributed by atoms with Crippen LogP contribution in [0.5, 0.6) is 0 Å². The largest absolute Gasteiger partial charge is 0.330 e. The lowest BCUT2D eigenvalue weighted by atomic mass is 9.77. The Kier molecular flexibility index (Phi) is 4.02. The Morgan fingerprint density at radius 1 is 1.42 bits per heavy atom. The molecule has 3 atom stereocenters. The van der Waals surface area contributed by atoms with Gasteiger partial charge in [0.15, 0.2) is 0 Å². The summed E-state index contributed by atoms with van der Waals surface area (Å²) in [6, 6.07) is 0.416. The van der Waals surface area contributed by atoms with Gasteiger partial charge in [0.05, 0.1) is 0 Å². The van der Waals surface area contributed by atoms with Crippen molar-refractivity contribution in [1.29, 1.82) is 0 Å². The minimum atomic E-state index is 0.416. The fourth-order valence-electron chi connectivity index (χ4n) is 2.27. The van der Waals surface area contributed by atoms with Gasteiger partial charge in [0.2, 0.25) is 0 Å². The molecule has 1 fully saturated rings. The highest BCUT2D eigenvalue weighted by molar-refractivity contribution is 4.79. The predicted octanol–water partition coefficient (Wildman–Crippen LogP) is 1.49. The first-order valence-corrected chi connectivity index (χ1v) is 5.23. The third kappa shape index (κ3) is 2.46. The van der Waals surface area contributed by atoms with Crippen molar-refractivity contribution < 1.29 is 0 Å². The summed E-state index contributed by atoms with van der Waals surface area (Å²) >= 11 is 0. The normalized spacial score (nSPS) is 33.2. The van der Waals surface area contributed by atoms with Gasteiger partial charge in [-0.1, -0.05) is 13.3 Å². The van der Waals surface area contributed by atoms with Gasteiger partial charge in [-0.15, -0.1) is 0 Å². The maximum atomic E-state index is 6.02. The van der Waals surface area contributed by atoms with Gasteiger partial charge < -0.3 is 11.5 Å². The van der Waals surface area contributed by atoms with Crippen molar-refractivity contribution in [2.75, 3.05) is 6.54 Å². The first-order valence-electron chi connectivity index (χ1n) is 5.23. The van der Waals surface area contributed by atoms with Crippen molar-refractivity contribution in [2.45, 2.75) is 45.1 Å². The summed E-state index contributed by atoms with van der Waals surface area (Å²) in [6.45, 7) is 3.03. The summed E-state index contributed by atoms with van der Waals surface area (Å²) in [7, 11) is 0. The van der Waals surface area contributed by atoms with E-state index in [9.17, 15) is 0 Å². The smallest absolute Gasteiger partial charge is 0.00646 e.